The third-order valence-corrected chi connectivity index (χ3v) is 3.92. The Hall–Kier alpha value is -1.92. The SMILES string of the molecule is O=S(=O)(Cl)c1ccc2nc(-c3ccncc3)oc2c1. The fourth-order valence-corrected chi connectivity index (χ4v) is 2.44. The number of halogens is 1. The lowest BCUT2D eigenvalue weighted by Crippen LogP contribution is -1.88. The Morgan fingerprint density at radius 1 is 1.11 bits per heavy atom. The van der Waals surface area contributed by atoms with Gasteiger partial charge in [-0.2, -0.15) is 0 Å². The molecule has 0 amide bonds. The Bertz CT molecular complexity index is 844. The molecule has 0 fully saturated rings. The van der Waals surface area contributed by atoms with Gasteiger partial charge in [0.1, 0.15) is 5.52 Å². The lowest BCUT2D eigenvalue weighted by molar-refractivity contribution is 0.606. The summed E-state index contributed by atoms with van der Waals surface area (Å²) in [6.45, 7) is 0. The molecule has 0 aliphatic heterocycles. The number of aromatic nitrogens is 2. The molecular formula is C12H7ClN2O3S. The van der Waals surface area contributed by atoms with Gasteiger partial charge in [0, 0.05) is 34.7 Å². The minimum Gasteiger partial charge on any atom is -0.436 e. The first-order valence-corrected chi connectivity index (χ1v) is 7.61. The number of fused-ring (bicyclic) bond motifs is 1. The highest BCUT2D eigenvalue weighted by molar-refractivity contribution is 8.13. The molecule has 1 aromatic carbocycles. The van der Waals surface area contributed by atoms with Gasteiger partial charge in [-0.25, -0.2) is 13.4 Å². The molecule has 0 unspecified atom stereocenters. The molecule has 5 nitrogen and oxygen atoms in total. The number of benzene rings is 1. The Labute approximate surface area is 113 Å². The molecule has 19 heavy (non-hydrogen) atoms. The average molecular weight is 295 g/mol. The smallest absolute Gasteiger partial charge is 0.261 e. The van der Waals surface area contributed by atoms with E-state index in [0.29, 0.717) is 17.0 Å². The normalized spacial score (nSPS) is 11.8. The first-order valence-electron chi connectivity index (χ1n) is 5.30. The largest absolute Gasteiger partial charge is 0.436 e. The molecule has 0 aliphatic rings. The van der Waals surface area contributed by atoms with Crippen molar-refractivity contribution in [3.63, 3.8) is 0 Å². The van der Waals surface area contributed by atoms with E-state index in [1.165, 1.54) is 12.1 Å². The van der Waals surface area contributed by atoms with Crippen LogP contribution in [0.15, 0.2) is 52.0 Å². The van der Waals surface area contributed by atoms with Crippen LogP contribution in [0.1, 0.15) is 0 Å². The van der Waals surface area contributed by atoms with E-state index in [1.807, 2.05) is 0 Å². The minimum absolute atomic E-state index is 0.0147. The molecule has 0 N–H and O–H groups in total. The van der Waals surface area contributed by atoms with Crippen molar-refractivity contribution >= 4 is 30.8 Å². The number of rotatable bonds is 2. The summed E-state index contributed by atoms with van der Waals surface area (Å²) in [5, 5.41) is 0. The first kappa shape index (κ1) is 12.1. The van der Waals surface area contributed by atoms with Gasteiger partial charge in [0.25, 0.3) is 9.05 Å². The second kappa shape index (κ2) is 4.32. The van der Waals surface area contributed by atoms with Crippen LogP contribution in [0.4, 0.5) is 0 Å². The third-order valence-electron chi connectivity index (χ3n) is 2.57. The summed E-state index contributed by atoms with van der Waals surface area (Å²) in [7, 11) is 1.51. The van der Waals surface area contributed by atoms with Crippen molar-refractivity contribution in [3.8, 4) is 11.5 Å². The predicted octanol–water partition coefficient (Wildman–Crippen LogP) is 2.82. The van der Waals surface area contributed by atoms with Crippen LogP contribution in [-0.4, -0.2) is 18.4 Å². The lowest BCUT2D eigenvalue weighted by Gasteiger charge is -1.93. The number of oxazole rings is 1. The molecule has 0 saturated carbocycles. The van der Waals surface area contributed by atoms with Gasteiger partial charge in [-0.1, -0.05) is 0 Å². The zero-order chi connectivity index (χ0) is 13.5. The number of hydrogen-bond donors (Lipinski definition) is 0. The zero-order valence-corrected chi connectivity index (χ0v) is 11.0. The highest BCUT2D eigenvalue weighted by Crippen LogP contribution is 2.26. The molecule has 2 aromatic heterocycles. The molecule has 96 valence electrons. The van der Waals surface area contributed by atoms with Crippen LogP contribution in [0.2, 0.25) is 0 Å². The molecule has 0 spiro atoms. The quantitative estimate of drug-likeness (QED) is 0.680. The number of pyridine rings is 1. The summed E-state index contributed by atoms with van der Waals surface area (Å²) in [5.74, 6) is 0.404. The van der Waals surface area contributed by atoms with Crippen LogP contribution in [0.3, 0.4) is 0 Å². The molecule has 3 rings (SSSR count). The highest BCUT2D eigenvalue weighted by Gasteiger charge is 2.14. The molecular weight excluding hydrogens is 288 g/mol. The average Bonchev–Trinajstić information content (AvgIpc) is 2.81. The van der Waals surface area contributed by atoms with Crippen molar-refractivity contribution in [1.82, 2.24) is 9.97 Å². The molecule has 0 radical (unpaired) electrons. The van der Waals surface area contributed by atoms with Crippen LogP contribution < -0.4 is 0 Å². The Morgan fingerprint density at radius 2 is 1.84 bits per heavy atom. The maximum Gasteiger partial charge on any atom is 0.261 e. The molecule has 0 saturated heterocycles. The molecule has 0 atom stereocenters. The van der Waals surface area contributed by atoms with E-state index in [1.54, 1.807) is 30.6 Å². The summed E-state index contributed by atoms with van der Waals surface area (Å²) in [6.07, 6.45) is 3.25. The molecule has 2 heterocycles. The van der Waals surface area contributed by atoms with Crippen molar-refractivity contribution in [1.29, 1.82) is 0 Å². The summed E-state index contributed by atoms with van der Waals surface area (Å²) in [6, 6.07) is 7.81. The molecule has 7 heteroatoms. The van der Waals surface area contributed by atoms with Gasteiger partial charge in [0.2, 0.25) is 5.89 Å². The van der Waals surface area contributed by atoms with Crippen molar-refractivity contribution < 1.29 is 12.8 Å². The van der Waals surface area contributed by atoms with E-state index in [9.17, 15) is 8.42 Å². The molecule has 0 bridgehead atoms. The van der Waals surface area contributed by atoms with Gasteiger partial charge in [0.15, 0.2) is 5.58 Å². The van der Waals surface area contributed by atoms with Gasteiger partial charge >= 0.3 is 0 Å². The van der Waals surface area contributed by atoms with Gasteiger partial charge in [-0.05, 0) is 24.3 Å². The van der Waals surface area contributed by atoms with Crippen LogP contribution in [0.25, 0.3) is 22.6 Å². The maximum absolute atomic E-state index is 11.2. The summed E-state index contributed by atoms with van der Waals surface area (Å²) < 4.78 is 28.0. The standard InChI is InChI=1S/C12H7ClN2O3S/c13-19(16,17)9-1-2-10-11(7-9)18-12(15-10)8-3-5-14-6-4-8/h1-7H. The zero-order valence-electron chi connectivity index (χ0n) is 9.45. The van der Waals surface area contributed by atoms with Crippen molar-refractivity contribution in [3.05, 3.63) is 42.7 Å². The Kier molecular flexibility index (Phi) is 2.76. The van der Waals surface area contributed by atoms with E-state index >= 15 is 0 Å². The Balaban J connectivity index is 2.17. The molecule has 0 aliphatic carbocycles. The first-order chi connectivity index (χ1) is 9.04. The fraction of sp³-hybridized carbons (Fsp3) is 0. The van der Waals surface area contributed by atoms with Crippen LogP contribution in [0.5, 0.6) is 0 Å². The fourth-order valence-electron chi connectivity index (χ4n) is 1.67. The predicted molar refractivity (Wildman–Crippen MR) is 70.3 cm³/mol. The summed E-state index contributed by atoms with van der Waals surface area (Å²) in [4.78, 5) is 8.16. The van der Waals surface area contributed by atoms with E-state index in [4.69, 9.17) is 15.1 Å². The number of hydrogen-bond acceptors (Lipinski definition) is 5. The second-order valence-corrected chi connectivity index (χ2v) is 6.39. The summed E-state index contributed by atoms with van der Waals surface area (Å²) in [5.41, 5.74) is 1.70. The molecule has 3 aromatic rings. The van der Waals surface area contributed by atoms with E-state index in [0.717, 1.165) is 5.56 Å². The van der Waals surface area contributed by atoms with Crippen LogP contribution in [0, 0.1) is 0 Å². The maximum atomic E-state index is 11.2. The van der Waals surface area contributed by atoms with E-state index in [2.05, 4.69) is 9.97 Å². The number of nitrogens with zero attached hydrogens (tertiary/aromatic N) is 2. The van der Waals surface area contributed by atoms with Crippen molar-refractivity contribution in [2.24, 2.45) is 0 Å². The van der Waals surface area contributed by atoms with Crippen molar-refractivity contribution in [2.45, 2.75) is 4.90 Å². The monoisotopic (exact) mass is 294 g/mol. The van der Waals surface area contributed by atoms with Gasteiger partial charge in [0.05, 0.1) is 4.90 Å². The topological polar surface area (TPSA) is 73.1 Å². The van der Waals surface area contributed by atoms with Crippen molar-refractivity contribution in [2.75, 3.05) is 0 Å². The van der Waals surface area contributed by atoms with Crippen LogP contribution in [-0.2, 0) is 9.05 Å². The van der Waals surface area contributed by atoms with Gasteiger partial charge in [-0.3, -0.25) is 4.98 Å². The Morgan fingerprint density at radius 3 is 2.53 bits per heavy atom. The second-order valence-electron chi connectivity index (χ2n) is 3.82. The van der Waals surface area contributed by atoms with Gasteiger partial charge in [-0.15, -0.1) is 0 Å². The highest BCUT2D eigenvalue weighted by atomic mass is 35.7. The third kappa shape index (κ3) is 2.32. The lowest BCUT2D eigenvalue weighted by atomic mass is 10.3. The van der Waals surface area contributed by atoms with Gasteiger partial charge < -0.3 is 4.42 Å². The van der Waals surface area contributed by atoms with Crippen LogP contribution >= 0.6 is 10.7 Å². The van der Waals surface area contributed by atoms with E-state index < -0.39 is 9.05 Å². The minimum atomic E-state index is -3.78. The summed E-state index contributed by atoms with van der Waals surface area (Å²) >= 11 is 0. The van der Waals surface area contributed by atoms with E-state index in [-0.39, 0.29) is 4.90 Å².